The molecule has 2 rings (SSSR count). The van der Waals surface area contributed by atoms with Crippen molar-refractivity contribution in [3.63, 3.8) is 0 Å². The molecular weight excluding hydrogens is 264 g/mol. The molecule has 2 aromatic heterocycles. The molecule has 0 fully saturated rings. The molecule has 1 atom stereocenters. The van der Waals surface area contributed by atoms with Crippen LogP contribution in [-0.2, 0) is 7.05 Å². The summed E-state index contributed by atoms with van der Waals surface area (Å²) in [6, 6.07) is 4.13. The van der Waals surface area contributed by atoms with Gasteiger partial charge in [-0.1, -0.05) is 13.8 Å². The van der Waals surface area contributed by atoms with Crippen molar-refractivity contribution >= 4 is 0 Å². The van der Waals surface area contributed by atoms with E-state index >= 15 is 0 Å². The molecule has 114 valence electrons. The minimum Gasteiger partial charge on any atom is -0.492 e. The fraction of sp³-hybridized carbons (Fsp3) is 0.500. The molecule has 21 heavy (non-hydrogen) atoms. The molecule has 0 radical (unpaired) electrons. The maximum Gasteiger partial charge on any atom is 0.137 e. The minimum atomic E-state index is 0.0452. The van der Waals surface area contributed by atoms with Crippen LogP contribution in [0.25, 0.3) is 0 Å². The van der Waals surface area contributed by atoms with Crippen molar-refractivity contribution in [3.8, 4) is 5.75 Å². The molecule has 0 saturated heterocycles. The van der Waals surface area contributed by atoms with Crippen molar-refractivity contribution in [1.29, 1.82) is 0 Å². The Morgan fingerprint density at radius 3 is 2.81 bits per heavy atom. The summed E-state index contributed by atoms with van der Waals surface area (Å²) >= 11 is 0. The number of aromatic nitrogens is 3. The standard InChI is InChI=1S/C16H24N4O/c1-4-7-18-16(15-6-8-20(3)19-15)13-10-14(12-17-11-13)21-9-5-2/h6,8,10-12,16,18H,4-5,7,9H2,1-3H3. The molecule has 0 amide bonds. The van der Waals surface area contributed by atoms with Gasteiger partial charge in [0.1, 0.15) is 5.75 Å². The smallest absolute Gasteiger partial charge is 0.137 e. The number of rotatable bonds is 8. The number of aryl methyl sites for hydroxylation is 1. The zero-order chi connectivity index (χ0) is 15.1. The van der Waals surface area contributed by atoms with Gasteiger partial charge in [-0.15, -0.1) is 0 Å². The van der Waals surface area contributed by atoms with Crippen LogP contribution in [0.3, 0.4) is 0 Å². The maximum absolute atomic E-state index is 5.68. The van der Waals surface area contributed by atoms with Crippen LogP contribution >= 0.6 is 0 Å². The van der Waals surface area contributed by atoms with E-state index in [0.29, 0.717) is 6.61 Å². The highest BCUT2D eigenvalue weighted by Crippen LogP contribution is 2.23. The minimum absolute atomic E-state index is 0.0452. The van der Waals surface area contributed by atoms with Gasteiger partial charge in [-0.3, -0.25) is 9.67 Å². The largest absolute Gasteiger partial charge is 0.492 e. The summed E-state index contributed by atoms with van der Waals surface area (Å²) < 4.78 is 7.50. The zero-order valence-electron chi connectivity index (χ0n) is 13.0. The van der Waals surface area contributed by atoms with E-state index in [-0.39, 0.29) is 6.04 Å². The first kappa shape index (κ1) is 15.5. The Labute approximate surface area is 126 Å². The van der Waals surface area contributed by atoms with Crippen molar-refractivity contribution in [2.24, 2.45) is 7.05 Å². The van der Waals surface area contributed by atoms with Crippen LogP contribution in [0, 0.1) is 0 Å². The van der Waals surface area contributed by atoms with Crippen LogP contribution in [0.15, 0.2) is 30.7 Å². The van der Waals surface area contributed by atoms with E-state index in [1.165, 1.54) is 0 Å². The average molecular weight is 288 g/mol. The molecule has 0 aliphatic rings. The molecule has 2 aromatic rings. The molecule has 0 bridgehead atoms. The van der Waals surface area contributed by atoms with Crippen molar-refractivity contribution in [2.75, 3.05) is 13.2 Å². The summed E-state index contributed by atoms with van der Waals surface area (Å²) in [5, 5.41) is 8.04. The SMILES string of the molecule is CCCNC(c1cncc(OCCC)c1)c1ccn(C)n1. The van der Waals surface area contributed by atoms with Gasteiger partial charge in [-0.25, -0.2) is 0 Å². The van der Waals surface area contributed by atoms with Crippen molar-refractivity contribution in [1.82, 2.24) is 20.1 Å². The Morgan fingerprint density at radius 2 is 2.14 bits per heavy atom. The summed E-state index contributed by atoms with van der Waals surface area (Å²) in [6.45, 7) is 5.89. The second-order valence-corrected chi connectivity index (χ2v) is 5.10. The number of ether oxygens (including phenoxy) is 1. The lowest BCUT2D eigenvalue weighted by Crippen LogP contribution is -2.24. The molecule has 0 saturated carbocycles. The molecule has 0 aliphatic carbocycles. The van der Waals surface area contributed by atoms with Gasteiger partial charge in [0.25, 0.3) is 0 Å². The van der Waals surface area contributed by atoms with E-state index in [1.807, 2.05) is 36.3 Å². The van der Waals surface area contributed by atoms with E-state index in [9.17, 15) is 0 Å². The van der Waals surface area contributed by atoms with Crippen LogP contribution in [0.2, 0.25) is 0 Å². The van der Waals surface area contributed by atoms with Crippen molar-refractivity contribution in [3.05, 3.63) is 42.0 Å². The third kappa shape index (κ3) is 4.29. The third-order valence-electron chi connectivity index (χ3n) is 3.17. The van der Waals surface area contributed by atoms with Gasteiger partial charge in [0.15, 0.2) is 0 Å². The van der Waals surface area contributed by atoms with E-state index in [1.54, 1.807) is 6.20 Å². The number of hydrogen-bond donors (Lipinski definition) is 1. The highest BCUT2D eigenvalue weighted by molar-refractivity contribution is 5.31. The summed E-state index contributed by atoms with van der Waals surface area (Å²) in [5.74, 6) is 0.813. The molecule has 5 nitrogen and oxygen atoms in total. The summed E-state index contributed by atoms with van der Waals surface area (Å²) in [4.78, 5) is 4.30. The van der Waals surface area contributed by atoms with Crippen LogP contribution in [0.4, 0.5) is 0 Å². The second kappa shape index (κ2) is 7.78. The van der Waals surface area contributed by atoms with Gasteiger partial charge < -0.3 is 10.1 Å². The Hall–Kier alpha value is -1.88. The number of pyridine rings is 1. The number of hydrogen-bond acceptors (Lipinski definition) is 4. The van der Waals surface area contributed by atoms with E-state index in [0.717, 1.165) is 36.4 Å². The Balaban J connectivity index is 2.23. The van der Waals surface area contributed by atoms with Crippen LogP contribution in [-0.4, -0.2) is 27.9 Å². The number of nitrogens with zero attached hydrogens (tertiary/aromatic N) is 3. The molecule has 1 N–H and O–H groups in total. The molecule has 2 heterocycles. The summed E-state index contributed by atoms with van der Waals surface area (Å²) in [5.41, 5.74) is 2.08. The highest BCUT2D eigenvalue weighted by atomic mass is 16.5. The molecule has 5 heteroatoms. The molecule has 1 unspecified atom stereocenters. The fourth-order valence-corrected chi connectivity index (χ4v) is 2.16. The third-order valence-corrected chi connectivity index (χ3v) is 3.17. The summed E-state index contributed by atoms with van der Waals surface area (Å²) in [7, 11) is 1.93. The lowest BCUT2D eigenvalue weighted by Gasteiger charge is -2.17. The summed E-state index contributed by atoms with van der Waals surface area (Å²) in [6.07, 6.45) is 7.65. The first-order valence-corrected chi connectivity index (χ1v) is 7.55. The lowest BCUT2D eigenvalue weighted by molar-refractivity contribution is 0.315. The predicted molar refractivity (Wildman–Crippen MR) is 83.4 cm³/mol. The first-order valence-electron chi connectivity index (χ1n) is 7.55. The molecule has 0 aliphatic heterocycles. The normalized spacial score (nSPS) is 12.3. The Morgan fingerprint density at radius 1 is 1.29 bits per heavy atom. The fourth-order valence-electron chi connectivity index (χ4n) is 2.16. The lowest BCUT2D eigenvalue weighted by atomic mass is 10.1. The zero-order valence-corrected chi connectivity index (χ0v) is 13.0. The van der Waals surface area contributed by atoms with Gasteiger partial charge in [0.05, 0.1) is 24.5 Å². The van der Waals surface area contributed by atoms with E-state index in [4.69, 9.17) is 4.74 Å². The second-order valence-electron chi connectivity index (χ2n) is 5.10. The first-order chi connectivity index (χ1) is 10.2. The van der Waals surface area contributed by atoms with Gasteiger partial charge in [0, 0.05) is 19.4 Å². The van der Waals surface area contributed by atoms with Crippen LogP contribution in [0.1, 0.15) is 44.0 Å². The maximum atomic E-state index is 5.68. The molecule has 0 spiro atoms. The van der Waals surface area contributed by atoms with Gasteiger partial charge in [0.2, 0.25) is 0 Å². The van der Waals surface area contributed by atoms with Gasteiger partial charge in [-0.2, -0.15) is 5.10 Å². The monoisotopic (exact) mass is 288 g/mol. The van der Waals surface area contributed by atoms with E-state index < -0.39 is 0 Å². The predicted octanol–water partition coefficient (Wildman–Crippen LogP) is 2.69. The topological polar surface area (TPSA) is 52.0 Å². The van der Waals surface area contributed by atoms with Crippen molar-refractivity contribution in [2.45, 2.75) is 32.7 Å². The highest BCUT2D eigenvalue weighted by Gasteiger charge is 2.17. The van der Waals surface area contributed by atoms with Gasteiger partial charge in [-0.05, 0) is 37.1 Å². The Kier molecular flexibility index (Phi) is 5.75. The number of nitrogens with one attached hydrogen (secondary N) is 1. The van der Waals surface area contributed by atoms with Crippen LogP contribution in [0.5, 0.6) is 5.75 Å². The Bertz CT molecular complexity index is 553. The van der Waals surface area contributed by atoms with Crippen LogP contribution < -0.4 is 10.1 Å². The molecule has 0 aromatic carbocycles. The molecular formula is C16H24N4O. The van der Waals surface area contributed by atoms with Gasteiger partial charge >= 0.3 is 0 Å². The quantitative estimate of drug-likeness (QED) is 0.811. The average Bonchev–Trinajstić information content (AvgIpc) is 2.92. The van der Waals surface area contributed by atoms with E-state index in [2.05, 4.69) is 29.2 Å². The van der Waals surface area contributed by atoms with Crippen molar-refractivity contribution < 1.29 is 4.74 Å².